The van der Waals surface area contributed by atoms with Crippen LogP contribution in [0.2, 0.25) is 0 Å². The molecule has 1 N–H and O–H groups in total. The van der Waals surface area contributed by atoms with Gasteiger partial charge in [0.25, 0.3) is 0 Å². The first-order chi connectivity index (χ1) is 10.7. The summed E-state index contributed by atoms with van der Waals surface area (Å²) in [5, 5.41) is 6.74. The van der Waals surface area contributed by atoms with E-state index >= 15 is 0 Å². The number of methoxy groups -OCH3 is 1. The van der Waals surface area contributed by atoms with Gasteiger partial charge in [-0.3, -0.25) is 4.79 Å². The fourth-order valence-corrected chi connectivity index (χ4v) is 1.99. The van der Waals surface area contributed by atoms with E-state index in [1.807, 2.05) is 24.3 Å². The van der Waals surface area contributed by atoms with Gasteiger partial charge in [0.05, 0.1) is 7.11 Å². The molecule has 0 spiro atoms. The molecule has 0 radical (unpaired) electrons. The van der Waals surface area contributed by atoms with Gasteiger partial charge in [-0.05, 0) is 30.7 Å². The second kappa shape index (κ2) is 8.17. The largest absolute Gasteiger partial charge is 0.497 e. The third-order valence-electron chi connectivity index (χ3n) is 3.23. The quantitative estimate of drug-likeness (QED) is 0.758. The van der Waals surface area contributed by atoms with Gasteiger partial charge in [-0.15, -0.1) is 0 Å². The van der Waals surface area contributed by atoms with E-state index in [9.17, 15) is 4.79 Å². The Morgan fingerprint density at radius 2 is 2.05 bits per heavy atom. The van der Waals surface area contributed by atoms with Gasteiger partial charge in [-0.2, -0.15) is 4.98 Å². The van der Waals surface area contributed by atoms with Crippen molar-refractivity contribution in [2.24, 2.45) is 0 Å². The number of rotatable bonds is 8. The van der Waals surface area contributed by atoms with E-state index in [1.54, 1.807) is 7.11 Å². The van der Waals surface area contributed by atoms with Crippen LogP contribution >= 0.6 is 0 Å². The van der Waals surface area contributed by atoms with Crippen LogP contribution in [0.5, 0.6) is 5.75 Å². The molecule has 1 amide bonds. The second-order valence-corrected chi connectivity index (χ2v) is 4.97. The minimum atomic E-state index is -0.0963. The monoisotopic (exact) mass is 303 g/mol. The lowest BCUT2D eigenvalue weighted by Gasteiger charge is -2.01. The van der Waals surface area contributed by atoms with Crippen LogP contribution in [0.3, 0.4) is 0 Å². The zero-order valence-corrected chi connectivity index (χ0v) is 13.0. The SMILES string of the molecule is CCCCCNC(=O)Cc1nc(-c2ccc(OC)cc2)no1. The minimum Gasteiger partial charge on any atom is -0.497 e. The van der Waals surface area contributed by atoms with E-state index in [4.69, 9.17) is 9.26 Å². The maximum Gasteiger partial charge on any atom is 0.236 e. The van der Waals surface area contributed by atoms with Gasteiger partial charge < -0.3 is 14.6 Å². The van der Waals surface area contributed by atoms with Gasteiger partial charge >= 0.3 is 0 Å². The Balaban J connectivity index is 1.89. The summed E-state index contributed by atoms with van der Waals surface area (Å²) >= 11 is 0. The molecule has 0 aliphatic carbocycles. The summed E-state index contributed by atoms with van der Waals surface area (Å²) in [6.45, 7) is 2.81. The normalized spacial score (nSPS) is 10.5. The topological polar surface area (TPSA) is 77.2 Å². The highest BCUT2D eigenvalue weighted by atomic mass is 16.5. The highest BCUT2D eigenvalue weighted by molar-refractivity contribution is 5.77. The van der Waals surface area contributed by atoms with E-state index in [1.165, 1.54) is 0 Å². The van der Waals surface area contributed by atoms with Crippen LogP contribution in [-0.4, -0.2) is 29.7 Å². The number of nitrogens with zero attached hydrogens (tertiary/aromatic N) is 2. The van der Waals surface area contributed by atoms with E-state index in [0.717, 1.165) is 30.6 Å². The number of unbranched alkanes of at least 4 members (excludes halogenated alkanes) is 2. The van der Waals surface area contributed by atoms with Gasteiger partial charge in [0.1, 0.15) is 12.2 Å². The number of benzene rings is 1. The second-order valence-electron chi connectivity index (χ2n) is 4.97. The number of aromatic nitrogens is 2. The lowest BCUT2D eigenvalue weighted by atomic mass is 10.2. The van der Waals surface area contributed by atoms with Gasteiger partial charge in [0.15, 0.2) is 0 Å². The zero-order chi connectivity index (χ0) is 15.8. The van der Waals surface area contributed by atoms with E-state index in [-0.39, 0.29) is 12.3 Å². The van der Waals surface area contributed by atoms with Crippen molar-refractivity contribution in [3.8, 4) is 17.1 Å². The summed E-state index contributed by atoms with van der Waals surface area (Å²) in [6, 6.07) is 7.34. The van der Waals surface area contributed by atoms with E-state index < -0.39 is 0 Å². The average molecular weight is 303 g/mol. The van der Waals surface area contributed by atoms with Crippen LogP contribution in [0.1, 0.15) is 32.1 Å². The van der Waals surface area contributed by atoms with E-state index in [2.05, 4.69) is 22.4 Å². The standard InChI is InChI=1S/C16H21N3O3/c1-3-4-5-10-17-14(20)11-15-18-16(19-22-15)12-6-8-13(21-2)9-7-12/h6-9H,3-5,10-11H2,1-2H3,(H,17,20). The van der Waals surface area contributed by atoms with Crippen molar-refractivity contribution in [2.45, 2.75) is 32.6 Å². The summed E-state index contributed by atoms with van der Waals surface area (Å²) < 4.78 is 10.2. The molecule has 6 heteroatoms. The van der Waals surface area contributed by atoms with Crippen molar-refractivity contribution in [3.05, 3.63) is 30.2 Å². The Labute approximate surface area is 129 Å². The zero-order valence-electron chi connectivity index (χ0n) is 13.0. The van der Waals surface area contributed by atoms with Crippen LogP contribution < -0.4 is 10.1 Å². The van der Waals surface area contributed by atoms with Crippen LogP contribution in [-0.2, 0) is 11.2 Å². The smallest absolute Gasteiger partial charge is 0.236 e. The van der Waals surface area contributed by atoms with Crippen LogP contribution in [0.25, 0.3) is 11.4 Å². The molecule has 2 rings (SSSR count). The van der Waals surface area contributed by atoms with Crippen LogP contribution in [0.15, 0.2) is 28.8 Å². The highest BCUT2D eigenvalue weighted by Gasteiger charge is 2.12. The van der Waals surface area contributed by atoms with Gasteiger partial charge in [-0.25, -0.2) is 0 Å². The molecule has 0 aliphatic heterocycles. The van der Waals surface area contributed by atoms with Crippen molar-refractivity contribution < 1.29 is 14.1 Å². The number of amides is 1. The Kier molecular flexibility index (Phi) is 5.94. The highest BCUT2D eigenvalue weighted by Crippen LogP contribution is 2.19. The molecule has 0 saturated carbocycles. The Morgan fingerprint density at radius 3 is 2.73 bits per heavy atom. The lowest BCUT2D eigenvalue weighted by molar-refractivity contribution is -0.120. The molecule has 1 aromatic heterocycles. The summed E-state index contributed by atoms with van der Waals surface area (Å²) in [6.07, 6.45) is 3.34. The fraction of sp³-hybridized carbons (Fsp3) is 0.438. The molecule has 0 bridgehead atoms. The first-order valence-corrected chi connectivity index (χ1v) is 7.46. The van der Waals surface area contributed by atoms with E-state index in [0.29, 0.717) is 18.3 Å². The first kappa shape index (κ1) is 16.0. The summed E-state index contributed by atoms with van der Waals surface area (Å²) in [4.78, 5) is 16.0. The summed E-state index contributed by atoms with van der Waals surface area (Å²) in [7, 11) is 1.61. The third kappa shape index (κ3) is 4.58. The molecular formula is C16H21N3O3. The van der Waals surface area contributed by atoms with Crippen LogP contribution in [0, 0.1) is 0 Å². The van der Waals surface area contributed by atoms with Crippen LogP contribution in [0.4, 0.5) is 0 Å². The molecule has 0 saturated heterocycles. The lowest BCUT2D eigenvalue weighted by Crippen LogP contribution is -2.26. The number of carbonyl (C=O) groups excluding carboxylic acids is 1. The van der Waals surface area contributed by atoms with Gasteiger partial charge in [0, 0.05) is 12.1 Å². The maximum atomic E-state index is 11.7. The maximum absolute atomic E-state index is 11.7. The van der Waals surface area contributed by atoms with Gasteiger partial charge in [-0.1, -0.05) is 24.9 Å². The molecule has 1 aromatic carbocycles. The summed E-state index contributed by atoms with van der Waals surface area (Å²) in [5.41, 5.74) is 0.819. The number of carbonyl (C=O) groups is 1. The predicted octanol–water partition coefficient (Wildman–Crippen LogP) is 2.59. The van der Waals surface area contributed by atoms with Crippen molar-refractivity contribution in [1.82, 2.24) is 15.5 Å². The third-order valence-corrected chi connectivity index (χ3v) is 3.23. The van der Waals surface area contributed by atoms with Crippen molar-refractivity contribution in [1.29, 1.82) is 0 Å². The average Bonchev–Trinajstić information content (AvgIpc) is 3.00. The van der Waals surface area contributed by atoms with Gasteiger partial charge in [0.2, 0.25) is 17.6 Å². The Bertz CT molecular complexity index is 593. The number of hydrogen-bond donors (Lipinski definition) is 1. The predicted molar refractivity (Wildman–Crippen MR) is 82.5 cm³/mol. The molecular weight excluding hydrogens is 282 g/mol. The van der Waals surface area contributed by atoms with Crippen molar-refractivity contribution >= 4 is 5.91 Å². The summed E-state index contributed by atoms with van der Waals surface area (Å²) in [5.74, 6) is 1.45. The molecule has 6 nitrogen and oxygen atoms in total. The Morgan fingerprint density at radius 1 is 1.27 bits per heavy atom. The molecule has 0 atom stereocenters. The minimum absolute atomic E-state index is 0.0963. The number of hydrogen-bond acceptors (Lipinski definition) is 5. The molecule has 22 heavy (non-hydrogen) atoms. The molecule has 0 unspecified atom stereocenters. The molecule has 118 valence electrons. The first-order valence-electron chi connectivity index (χ1n) is 7.46. The number of ether oxygens (including phenoxy) is 1. The molecule has 0 fully saturated rings. The molecule has 0 aliphatic rings. The molecule has 2 aromatic rings. The number of nitrogens with one attached hydrogen (secondary N) is 1. The molecule has 1 heterocycles. The fourth-order valence-electron chi connectivity index (χ4n) is 1.99. The van der Waals surface area contributed by atoms with Crippen molar-refractivity contribution in [3.63, 3.8) is 0 Å². The van der Waals surface area contributed by atoms with Crippen molar-refractivity contribution in [2.75, 3.05) is 13.7 Å². The Hall–Kier alpha value is -2.37.